The fourth-order valence-corrected chi connectivity index (χ4v) is 1.69. The molecule has 0 spiro atoms. The van der Waals surface area contributed by atoms with Crippen LogP contribution in [0, 0.1) is 5.92 Å². The van der Waals surface area contributed by atoms with E-state index in [2.05, 4.69) is 0 Å². The predicted molar refractivity (Wildman–Crippen MR) is 49.4 cm³/mol. The SMILES string of the molecule is CCOC(=O)[C@@H]1CCOC(C)(C)C1. The Morgan fingerprint density at radius 1 is 1.62 bits per heavy atom. The van der Waals surface area contributed by atoms with Crippen molar-refractivity contribution in [3.05, 3.63) is 0 Å². The molecule has 0 aromatic heterocycles. The zero-order chi connectivity index (χ0) is 9.90. The molecule has 1 atom stereocenters. The van der Waals surface area contributed by atoms with Crippen molar-refractivity contribution in [2.45, 2.75) is 39.2 Å². The summed E-state index contributed by atoms with van der Waals surface area (Å²) in [5.74, 6) is -0.0393. The second kappa shape index (κ2) is 4.09. The van der Waals surface area contributed by atoms with Gasteiger partial charge in [-0.3, -0.25) is 4.79 Å². The van der Waals surface area contributed by atoms with Crippen molar-refractivity contribution < 1.29 is 14.3 Å². The van der Waals surface area contributed by atoms with E-state index >= 15 is 0 Å². The molecule has 0 aliphatic carbocycles. The van der Waals surface area contributed by atoms with Crippen LogP contribution in [-0.2, 0) is 14.3 Å². The zero-order valence-corrected chi connectivity index (χ0v) is 8.63. The number of ether oxygens (including phenoxy) is 2. The van der Waals surface area contributed by atoms with Crippen LogP contribution < -0.4 is 0 Å². The van der Waals surface area contributed by atoms with Crippen molar-refractivity contribution in [1.29, 1.82) is 0 Å². The van der Waals surface area contributed by atoms with Crippen LogP contribution in [0.4, 0.5) is 0 Å². The van der Waals surface area contributed by atoms with Crippen molar-refractivity contribution in [1.82, 2.24) is 0 Å². The zero-order valence-electron chi connectivity index (χ0n) is 8.63. The van der Waals surface area contributed by atoms with Crippen molar-refractivity contribution in [3.8, 4) is 0 Å². The minimum absolute atomic E-state index is 0.0312. The van der Waals surface area contributed by atoms with Gasteiger partial charge in [-0.1, -0.05) is 0 Å². The number of hydrogen-bond donors (Lipinski definition) is 0. The quantitative estimate of drug-likeness (QED) is 0.616. The van der Waals surface area contributed by atoms with E-state index in [-0.39, 0.29) is 17.5 Å². The van der Waals surface area contributed by atoms with Gasteiger partial charge >= 0.3 is 5.97 Å². The number of hydrogen-bond acceptors (Lipinski definition) is 3. The van der Waals surface area contributed by atoms with Crippen LogP contribution in [-0.4, -0.2) is 24.8 Å². The van der Waals surface area contributed by atoms with Crippen molar-refractivity contribution in [2.75, 3.05) is 13.2 Å². The number of esters is 1. The highest BCUT2D eigenvalue weighted by Crippen LogP contribution is 2.29. The number of carbonyl (C=O) groups is 1. The van der Waals surface area contributed by atoms with Crippen molar-refractivity contribution in [3.63, 3.8) is 0 Å². The molecule has 76 valence electrons. The van der Waals surface area contributed by atoms with E-state index < -0.39 is 0 Å². The average Bonchev–Trinajstić information content (AvgIpc) is 2.03. The molecular weight excluding hydrogens is 168 g/mol. The van der Waals surface area contributed by atoms with Gasteiger partial charge in [-0.25, -0.2) is 0 Å². The van der Waals surface area contributed by atoms with Crippen LogP contribution in [0.15, 0.2) is 0 Å². The number of rotatable bonds is 2. The molecule has 0 aromatic carbocycles. The van der Waals surface area contributed by atoms with E-state index in [0.29, 0.717) is 13.2 Å². The maximum atomic E-state index is 11.4. The lowest BCUT2D eigenvalue weighted by Gasteiger charge is -2.34. The molecule has 0 saturated carbocycles. The van der Waals surface area contributed by atoms with Crippen LogP contribution in [0.5, 0.6) is 0 Å². The van der Waals surface area contributed by atoms with Crippen LogP contribution in [0.25, 0.3) is 0 Å². The highest BCUT2D eigenvalue weighted by molar-refractivity contribution is 5.72. The molecule has 3 nitrogen and oxygen atoms in total. The van der Waals surface area contributed by atoms with Gasteiger partial charge in [0.05, 0.1) is 18.1 Å². The number of carbonyl (C=O) groups excluding carboxylic acids is 1. The normalized spacial score (nSPS) is 26.8. The van der Waals surface area contributed by atoms with E-state index in [1.165, 1.54) is 0 Å². The Morgan fingerprint density at radius 2 is 2.31 bits per heavy atom. The largest absolute Gasteiger partial charge is 0.466 e. The summed E-state index contributed by atoms with van der Waals surface area (Å²) in [6.07, 6.45) is 1.56. The molecule has 0 N–H and O–H groups in total. The Balaban J connectivity index is 2.47. The second-order valence-corrected chi connectivity index (χ2v) is 4.05. The third-order valence-electron chi connectivity index (χ3n) is 2.32. The van der Waals surface area contributed by atoms with Gasteiger partial charge in [0.1, 0.15) is 0 Å². The molecule has 1 fully saturated rings. The molecule has 1 saturated heterocycles. The minimum atomic E-state index is -0.171. The first kappa shape index (κ1) is 10.5. The lowest BCUT2D eigenvalue weighted by molar-refractivity contribution is -0.157. The van der Waals surface area contributed by atoms with Crippen LogP contribution >= 0.6 is 0 Å². The smallest absolute Gasteiger partial charge is 0.309 e. The monoisotopic (exact) mass is 186 g/mol. The van der Waals surface area contributed by atoms with Gasteiger partial charge in [0, 0.05) is 6.61 Å². The molecule has 1 rings (SSSR count). The third-order valence-corrected chi connectivity index (χ3v) is 2.32. The highest BCUT2D eigenvalue weighted by atomic mass is 16.5. The van der Waals surface area contributed by atoms with Crippen LogP contribution in [0.1, 0.15) is 33.6 Å². The van der Waals surface area contributed by atoms with Crippen LogP contribution in [0.3, 0.4) is 0 Å². The lowest BCUT2D eigenvalue weighted by Crippen LogP contribution is -2.37. The van der Waals surface area contributed by atoms with E-state index in [4.69, 9.17) is 9.47 Å². The Labute approximate surface area is 79.4 Å². The van der Waals surface area contributed by atoms with E-state index in [0.717, 1.165) is 12.8 Å². The summed E-state index contributed by atoms with van der Waals surface area (Å²) in [4.78, 5) is 11.4. The Bertz CT molecular complexity index is 187. The molecule has 3 heteroatoms. The summed E-state index contributed by atoms with van der Waals surface area (Å²) in [7, 11) is 0. The summed E-state index contributed by atoms with van der Waals surface area (Å²) in [6.45, 7) is 6.99. The average molecular weight is 186 g/mol. The standard InChI is InChI=1S/C10H18O3/c1-4-12-9(11)8-5-6-13-10(2,3)7-8/h8H,4-7H2,1-3H3/t8-/m1/s1. The van der Waals surface area contributed by atoms with Gasteiger partial charge in [-0.05, 0) is 33.6 Å². The van der Waals surface area contributed by atoms with E-state index in [1.807, 2.05) is 20.8 Å². The van der Waals surface area contributed by atoms with Crippen LogP contribution in [0.2, 0.25) is 0 Å². The highest BCUT2D eigenvalue weighted by Gasteiger charge is 2.33. The summed E-state index contributed by atoms with van der Waals surface area (Å²) in [5.41, 5.74) is -0.171. The van der Waals surface area contributed by atoms with Crippen molar-refractivity contribution >= 4 is 5.97 Å². The predicted octanol–water partition coefficient (Wildman–Crippen LogP) is 1.75. The summed E-state index contributed by atoms with van der Waals surface area (Å²) >= 11 is 0. The fourth-order valence-electron chi connectivity index (χ4n) is 1.69. The Morgan fingerprint density at radius 3 is 2.85 bits per heavy atom. The van der Waals surface area contributed by atoms with Gasteiger partial charge in [-0.15, -0.1) is 0 Å². The first-order chi connectivity index (χ1) is 6.05. The molecule has 0 unspecified atom stereocenters. The second-order valence-electron chi connectivity index (χ2n) is 4.05. The Kier molecular flexibility index (Phi) is 3.31. The topological polar surface area (TPSA) is 35.5 Å². The van der Waals surface area contributed by atoms with Crippen molar-refractivity contribution in [2.24, 2.45) is 5.92 Å². The van der Waals surface area contributed by atoms with E-state index in [9.17, 15) is 4.79 Å². The van der Waals surface area contributed by atoms with Gasteiger partial charge in [0.2, 0.25) is 0 Å². The summed E-state index contributed by atoms with van der Waals surface area (Å²) in [6, 6.07) is 0. The maximum Gasteiger partial charge on any atom is 0.309 e. The van der Waals surface area contributed by atoms with Gasteiger partial charge in [0.15, 0.2) is 0 Å². The molecule has 0 aromatic rings. The lowest BCUT2D eigenvalue weighted by atomic mass is 9.88. The first-order valence-corrected chi connectivity index (χ1v) is 4.86. The maximum absolute atomic E-state index is 11.4. The first-order valence-electron chi connectivity index (χ1n) is 4.86. The fraction of sp³-hybridized carbons (Fsp3) is 0.900. The van der Waals surface area contributed by atoms with Gasteiger partial charge in [-0.2, -0.15) is 0 Å². The molecule has 13 heavy (non-hydrogen) atoms. The molecule has 1 aliphatic rings. The molecule has 1 aliphatic heterocycles. The van der Waals surface area contributed by atoms with Gasteiger partial charge in [0.25, 0.3) is 0 Å². The molecule has 1 heterocycles. The third kappa shape index (κ3) is 2.99. The van der Waals surface area contributed by atoms with Gasteiger partial charge < -0.3 is 9.47 Å². The molecule has 0 radical (unpaired) electrons. The molecular formula is C10H18O3. The molecule has 0 bridgehead atoms. The Hall–Kier alpha value is -0.570. The summed E-state index contributed by atoms with van der Waals surface area (Å²) in [5, 5.41) is 0. The molecule has 0 amide bonds. The van der Waals surface area contributed by atoms with E-state index in [1.54, 1.807) is 0 Å². The summed E-state index contributed by atoms with van der Waals surface area (Å²) < 4.78 is 10.5. The minimum Gasteiger partial charge on any atom is -0.466 e.